The summed E-state index contributed by atoms with van der Waals surface area (Å²) < 4.78 is 5.52. The molecule has 0 atom stereocenters. The molecule has 1 rings (SSSR count). The molecule has 0 aromatic heterocycles. The van der Waals surface area contributed by atoms with E-state index < -0.39 is 0 Å². The zero-order valence-electron chi connectivity index (χ0n) is 10.9. The van der Waals surface area contributed by atoms with Gasteiger partial charge in [-0.25, -0.2) is 0 Å². The highest BCUT2D eigenvalue weighted by molar-refractivity contribution is 9.09. The molecule has 0 aliphatic heterocycles. The Morgan fingerprint density at radius 1 is 1.33 bits per heavy atom. The van der Waals surface area contributed by atoms with Crippen LogP contribution in [0.15, 0.2) is 24.3 Å². The Morgan fingerprint density at radius 2 is 2.00 bits per heavy atom. The molecular formula is C14H20BrNO2. The monoisotopic (exact) mass is 313 g/mol. The topological polar surface area (TPSA) is 38.3 Å². The van der Waals surface area contributed by atoms with Crippen LogP contribution in [0.4, 0.5) is 0 Å². The fraction of sp³-hybridized carbons (Fsp3) is 0.500. The zero-order valence-corrected chi connectivity index (χ0v) is 12.5. The van der Waals surface area contributed by atoms with Gasteiger partial charge in [-0.2, -0.15) is 0 Å². The van der Waals surface area contributed by atoms with Gasteiger partial charge in [0.25, 0.3) is 5.91 Å². The third-order valence-electron chi connectivity index (χ3n) is 2.33. The first-order valence-electron chi connectivity index (χ1n) is 6.20. The van der Waals surface area contributed by atoms with Crippen LogP contribution in [0.2, 0.25) is 0 Å². The lowest BCUT2D eigenvalue weighted by Crippen LogP contribution is -2.27. The molecule has 3 nitrogen and oxygen atoms in total. The molecule has 1 N–H and O–H groups in total. The molecule has 4 heteroatoms. The first-order chi connectivity index (χ1) is 8.63. The number of alkyl halides is 1. The third kappa shape index (κ3) is 5.54. The van der Waals surface area contributed by atoms with Crippen molar-refractivity contribution in [2.75, 3.05) is 18.5 Å². The molecule has 0 fully saturated rings. The maximum atomic E-state index is 11.8. The predicted octanol–water partition coefficient (Wildman–Crippen LogP) is 3.24. The highest BCUT2D eigenvalue weighted by Crippen LogP contribution is 2.12. The Labute approximate surface area is 117 Å². The van der Waals surface area contributed by atoms with Crippen LogP contribution in [0.25, 0.3) is 0 Å². The number of carbonyl (C=O) groups excluding carboxylic acids is 1. The summed E-state index contributed by atoms with van der Waals surface area (Å²) in [5.41, 5.74) is 0.670. The van der Waals surface area contributed by atoms with E-state index in [0.717, 1.165) is 17.5 Å². The number of halogens is 1. The van der Waals surface area contributed by atoms with Gasteiger partial charge in [0, 0.05) is 17.4 Å². The van der Waals surface area contributed by atoms with Crippen molar-refractivity contribution in [3.8, 4) is 5.75 Å². The summed E-state index contributed by atoms with van der Waals surface area (Å²) in [6, 6.07) is 7.25. The van der Waals surface area contributed by atoms with Crippen molar-refractivity contribution in [1.82, 2.24) is 5.32 Å². The van der Waals surface area contributed by atoms with E-state index in [4.69, 9.17) is 4.74 Å². The minimum Gasteiger partial charge on any atom is -0.494 e. The van der Waals surface area contributed by atoms with Gasteiger partial charge in [-0.05, 0) is 36.6 Å². The fourth-order valence-electron chi connectivity index (χ4n) is 1.35. The molecule has 0 aliphatic rings. The van der Waals surface area contributed by atoms with Gasteiger partial charge in [0.05, 0.1) is 6.61 Å². The molecule has 0 unspecified atom stereocenters. The smallest absolute Gasteiger partial charge is 0.251 e. The van der Waals surface area contributed by atoms with Crippen molar-refractivity contribution in [3.05, 3.63) is 29.8 Å². The van der Waals surface area contributed by atoms with Gasteiger partial charge in [-0.3, -0.25) is 4.79 Å². The lowest BCUT2D eigenvalue weighted by atomic mass is 10.2. The summed E-state index contributed by atoms with van der Waals surface area (Å²) in [4.78, 5) is 11.8. The second-order valence-electron chi connectivity index (χ2n) is 4.52. The van der Waals surface area contributed by atoms with Crippen LogP contribution < -0.4 is 10.1 Å². The maximum absolute atomic E-state index is 11.8. The largest absolute Gasteiger partial charge is 0.494 e. The molecule has 0 saturated carbocycles. The zero-order chi connectivity index (χ0) is 13.4. The van der Waals surface area contributed by atoms with Crippen LogP contribution in [0.5, 0.6) is 5.75 Å². The number of benzene rings is 1. The molecule has 100 valence electrons. The summed E-state index contributed by atoms with van der Waals surface area (Å²) in [5.74, 6) is 1.23. The number of carbonyl (C=O) groups is 1. The van der Waals surface area contributed by atoms with Crippen molar-refractivity contribution in [2.45, 2.75) is 20.3 Å². The Hall–Kier alpha value is -1.03. The summed E-state index contributed by atoms with van der Waals surface area (Å²) in [6.07, 6.45) is 0.969. The normalized spacial score (nSPS) is 10.4. The van der Waals surface area contributed by atoms with E-state index in [-0.39, 0.29) is 5.91 Å². The van der Waals surface area contributed by atoms with Crippen molar-refractivity contribution in [2.24, 2.45) is 5.92 Å². The van der Waals surface area contributed by atoms with E-state index in [1.165, 1.54) is 0 Å². The van der Waals surface area contributed by atoms with E-state index in [0.29, 0.717) is 24.6 Å². The number of nitrogens with one attached hydrogen (secondary N) is 1. The van der Waals surface area contributed by atoms with Crippen LogP contribution in [0, 0.1) is 5.92 Å². The first kappa shape index (κ1) is 15.0. The van der Waals surface area contributed by atoms with E-state index in [1.54, 1.807) is 12.1 Å². The van der Waals surface area contributed by atoms with E-state index >= 15 is 0 Å². The van der Waals surface area contributed by atoms with Gasteiger partial charge in [0.15, 0.2) is 0 Å². The minimum atomic E-state index is -0.0318. The average Bonchev–Trinajstić information content (AvgIpc) is 2.37. The molecule has 0 saturated heterocycles. The van der Waals surface area contributed by atoms with Crippen LogP contribution in [0.1, 0.15) is 30.6 Å². The SMILES string of the molecule is CC(C)CNC(=O)c1ccc(OCCCBr)cc1. The second kappa shape index (κ2) is 8.14. The lowest BCUT2D eigenvalue weighted by Gasteiger charge is -2.08. The van der Waals surface area contributed by atoms with Crippen LogP contribution in [-0.4, -0.2) is 24.4 Å². The van der Waals surface area contributed by atoms with Gasteiger partial charge in [-0.1, -0.05) is 29.8 Å². The maximum Gasteiger partial charge on any atom is 0.251 e. The van der Waals surface area contributed by atoms with Crippen LogP contribution >= 0.6 is 15.9 Å². The Morgan fingerprint density at radius 3 is 2.56 bits per heavy atom. The number of rotatable bonds is 7. The standard InChI is InChI=1S/C14H20BrNO2/c1-11(2)10-16-14(17)12-4-6-13(7-5-12)18-9-3-8-15/h4-7,11H,3,8-10H2,1-2H3,(H,16,17). The molecule has 18 heavy (non-hydrogen) atoms. The minimum absolute atomic E-state index is 0.0318. The molecule has 1 aromatic rings. The number of hydrogen-bond acceptors (Lipinski definition) is 2. The van der Waals surface area contributed by atoms with E-state index in [2.05, 4.69) is 35.1 Å². The Kier molecular flexibility index (Phi) is 6.80. The van der Waals surface area contributed by atoms with Gasteiger partial charge >= 0.3 is 0 Å². The van der Waals surface area contributed by atoms with Gasteiger partial charge in [0.2, 0.25) is 0 Å². The van der Waals surface area contributed by atoms with Crippen LogP contribution in [-0.2, 0) is 0 Å². The van der Waals surface area contributed by atoms with Crippen molar-refractivity contribution < 1.29 is 9.53 Å². The summed E-state index contributed by atoms with van der Waals surface area (Å²) in [6.45, 7) is 5.52. The molecular weight excluding hydrogens is 294 g/mol. The highest BCUT2D eigenvalue weighted by atomic mass is 79.9. The summed E-state index contributed by atoms with van der Waals surface area (Å²) in [5, 5.41) is 3.82. The molecule has 0 heterocycles. The quantitative estimate of drug-likeness (QED) is 0.620. The molecule has 1 amide bonds. The van der Waals surface area contributed by atoms with E-state index in [9.17, 15) is 4.79 Å². The lowest BCUT2D eigenvalue weighted by molar-refractivity contribution is 0.0949. The van der Waals surface area contributed by atoms with Gasteiger partial charge in [-0.15, -0.1) is 0 Å². The summed E-state index contributed by atoms with van der Waals surface area (Å²) >= 11 is 3.35. The fourth-order valence-corrected chi connectivity index (χ4v) is 1.57. The highest BCUT2D eigenvalue weighted by Gasteiger charge is 2.05. The Bertz CT molecular complexity index is 363. The van der Waals surface area contributed by atoms with Crippen LogP contribution in [0.3, 0.4) is 0 Å². The second-order valence-corrected chi connectivity index (χ2v) is 5.31. The molecule has 0 radical (unpaired) electrons. The predicted molar refractivity (Wildman–Crippen MR) is 77.5 cm³/mol. The van der Waals surface area contributed by atoms with Crippen molar-refractivity contribution >= 4 is 21.8 Å². The third-order valence-corrected chi connectivity index (χ3v) is 2.89. The molecule has 1 aromatic carbocycles. The van der Waals surface area contributed by atoms with Gasteiger partial charge < -0.3 is 10.1 Å². The Balaban J connectivity index is 2.46. The van der Waals surface area contributed by atoms with Gasteiger partial charge in [0.1, 0.15) is 5.75 Å². The van der Waals surface area contributed by atoms with Crippen molar-refractivity contribution in [1.29, 1.82) is 0 Å². The number of amides is 1. The van der Waals surface area contributed by atoms with E-state index in [1.807, 2.05) is 12.1 Å². The average molecular weight is 314 g/mol. The summed E-state index contributed by atoms with van der Waals surface area (Å²) in [7, 11) is 0. The first-order valence-corrected chi connectivity index (χ1v) is 7.32. The molecule has 0 spiro atoms. The molecule has 0 bridgehead atoms. The number of hydrogen-bond donors (Lipinski definition) is 1. The van der Waals surface area contributed by atoms with Crippen molar-refractivity contribution in [3.63, 3.8) is 0 Å². The molecule has 0 aliphatic carbocycles. The number of ether oxygens (including phenoxy) is 1.